The summed E-state index contributed by atoms with van der Waals surface area (Å²) in [7, 11) is -1.56. The molecule has 26 heavy (non-hydrogen) atoms. The van der Waals surface area contributed by atoms with Gasteiger partial charge in [-0.3, -0.25) is 4.99 Å². The molecule has 0 atom stereocenters. The Morgan fingerprint density at radius 3 is 2.65 bits per heavy atom. The Bertz CT molecular complexity index is 819. The summed E-state index contributed by atoms with van der Waals surface area (Å²) in [5, 5.41) is 6.28. The molecule has 1 heterocycles. The van der Waals surface area contributed by atoms with Crippen molar-refractivity contribution in [1.82, 2.24) is 19.9 Å². The maximum atomic E-state index is 12.2. The van der Waals surface area contributed by atoms with Crippen LogP contribution in [-0.2, 0) is 16.6 Å². The molecule has 0 saturated heterocycles. The van der Waals surface area contributed by atoms with E-state index in [2.05, 4.69) is 20.0 Å². The van der Waals surface area contributed by atoms with Gasteiger partial charge in [0.2, 0.25) is 10.0 Å². The van der Waals surface area contributed by atoms with Crippen molar-refractivity contribution in [3.63, 3.8) is 0 Å². The molecule has 0 saturated carbocycles. The highest BCUT2D eigenvalue weighted by Crippen LogP contribution is 2.10. The van der Waals surface area contributed by atoms with E-state index in [1.807, 2.05) is 31.2 Å². The van der Waals surface area contributed by atoms with E-state index in [9.17, 15) is 8.42 Å². The number of nitrogens with one attached hydrogen (secondary N) is 2. The minimum absolute atomic E-state index is 0.232. The van der Waals surface area contributed by atoms with Crippen molar-refractivity contribution in [1.29, 1.82) is 0 Å². The van der Waals surface area contributed by atoms with Crippen molar-refractivity contribution < 1.29 is 8.42 Å². The topological polar surface area (TPSA) is 86.7 Å². The molecular formula is C17H25N5O2S2. The zero-order valence-electron chi connectivity index (χ0n) is 15.3. The van der Waals surface area contributed by atoms with Crippen LogP contribution in [0.2, 0.25) is 0 Å². The Morgan fingerprint density at radius 1 is 1.31 bits per heavy atom. The predicted molar refractivity (Wildman–Crippen MR) is 106 cm³/mol. The SMILES string of the molecule is CCNC(=NCCNS(=O)(=O)c1ccccc1)N(C)Cc1csc(C)n1. The van der Waals surface area contributed by atoms with Crippen LogP contribution >= 0.6 is 11.3 Å². The van der Waals surface area contributed by atoms with E-state index >= 15 is 0 Å². The molecule has 0 aliphatic heterocycles. The minimum atomic E-state index is -3.50. The van der Waals surface area contributed by atoms with Crippen LogP contribution in [0.25, 0.3) is 0 Å². The largest absolute Gasteiger partial charge is 0.357 e. The molecule has 1 aromatic carbocycles. The Balaban J connectivity index is 1.92. The maximum absolute atomic E-state index is 12.2. The Hall–Kier alpha value is -1.97. The van der Waals surface area contributed by atoms with Gasteiger partial charge < -0.3 is 10.2 Å². The van der Waals surface area contributed by atoms with Crippen LogP contribution in [0.3, 0.4) is 0 Å². The summed E-state index contributed by atoms with van der Waals surface area (Å²) < 4.78 is 26.9. The maximum Gasteiger partial charge on any atom is 0.240 e. The third-order valence-corrected chi connectivity index (χ3v) is 5.78. The van der Waals surface area contributed by atoms with Gasteiger partial charge in [0, 0.05) is 25.5 Å². The number of sulfonamides is 1. The Labute approximate surface area is 159 Å². The lowest BCUT2D eigenvalue weighted by atomic mass is 10.4. The number of benzene rings is 1. The molecule has 9 heteroatoms. The summed E-state index contributed by atoms with van der Waals surface area (Å²) in [6.07, 6.45) is 0. The highest BCUT2D eigenvalue weighted by Gasteiger charge is 2.12. The van der Waals surface area contributed by atoms with Crippen LogP contribution in [0, 0.1) is 6.92 Å². The molecule has 2 aromatic rings. The second-order valence-corrected chi connectivity index (χ2v) is 8.49. The van der Waals surface area contributed by atoms with Crippen LogP contribution in [-0.4, -0.2) is 50.9 Å². The third-order valence-electron chi connectivity index (χ3n) is 3.48. The zero-order valence-corrected chi connectivity index (χ0v) is 16.9. The fourth-order valence-corrected chi connectivity index (χ4v) is 3.94. The van der Waals surface area contributed by atoms with E-state index < -0.39 is 10.0 Å². The molecule has 0 bridgehead atoms. The lowest BCUT2D eigenvalue weighted by Gasteiger charge is -2.21. The van der Waals surface area contributed by atoms with E-state index in [1.165, 1.54) is 0 Å². The number of guanidine groups is 1. The molecule has 142 valence electrons. The number of aliphatic imine (C=N–C) groups is 1. The quantitative estimate of drug-likeness (QED) is 0.405. The molecular weight excluding hydrogens is 370 g/mol. The Kier molecular flexibility index (Phi) is 7.55. The highest BCUT2D eigenvalue weighted by molar-refractivity contribution is 7.89. The summed E-state index contributed by atoms with van der Waals surface area (Å²) in [6, 6.07) is 8.32. The molecule has 7 nitrogen and oxygen atoms in total. The normalized spacial score (nSPS) is 12.2. The van der Waals surface area contributed by atoms with Crippen LogP contribution < -0.4 is 10.0 Å². The number of thiazole rings is 1. The van der Waals surface area contributed by atoms with E-state index in [0.717, 1.165) is 23.2 Å². The van der Waals surface area contributed by atoms with Crippen molar-refractivity contribution in [2.45, 2.75) is 25.3 Å². The van der Waals surface area contributed by atoms with Crippen molar-refractivity contribution >= 4 is 27.3 Å². The molecule has 0 unspecified atom stereocenters. The molecule has 2 N–H and O–H groups in total. The average molecular weight is 396 g/mol. The third kappa shape index (κ3) is 6.08. The summed E-state index contributed by atoms with van der Waals surface area (Å²) in [4.78, 5) is 11.2. The summed E-state index contributed by atoms with van der Waals surface area (Å²) in [5.74, 6) is 0.720. The first-order valence-corrected chi connectivity index (χ1v) is 10.7. The first-order valence-electron chi connectivity index (χ1n) is 8.37. The van der Waals surface area contributed by atoms with Gasteiger partial charge in [-0.25, -0.2) is 18.1 Å². The van der Waals surface area contributed by atoms with Crippen molar-refractivity contribution in [3.8, 4) is 0 Å². The minimum Gasteiger partial charge on any atom is -0.357 e. The van der Waals surface area contributed by atoms with Crippen LogP contribution in [0.4, 0.5) is 0 Å². The van der Waals surface area contributed by atoms with Gasteiger partial charge in [0.15, 0.2) is 5.96 Å². The van der Waals surface area contributed by atoms with Gasteiger partial charge in [-0.15, -0.1) is 11.3 Å². The molecule has 0 amide bonds. The summed E-state index contributed by atoms with van der Waals surface area (Å²) in [5.41, 5.74) is 0.991. The lowest BCUT2D eigenvalue weighted by molar-refractivity contribution is 0.471. The van der Waals surface area contributed by atoms with Gasteiger partial charge in [-0.1, -0.05) is 18.2 Å². The zero-order chi connectivity index (χ0) is 19.0. The van der Waals surface area contributed by atoms with Crippen LogP contribution in [0.1, 0.15) is 17.6 Å². The van der Waals surface area contributed by atoms with Gasteiger partial charge >= 0.3 is 0 Å². The van der Waals surface area contributed by atoms with Crippen molar-refractivity contribution in [2.24, 2.45) is 4.99 Å². The van der Waals surface area contributed by atoms with Gasteiger partial charge in [0.25, 0.3) is 0 Å². The molecule has 0 aliphatic carbocycles. The van der Waals surface area contributed by atoms with Crippen molar-refractivity contribution in [3.05, 3.63) is 46.4 Å². The fraction of sp³-hybridized carbons (Fsp3) is 0.412. The fourth-order valence-electron chi connectivity index (χ4n) is 2.29. The van der Waals surface area contributed by atoms with Gasteiger partial charge in [-0.2, -0.15) is 0 Å². The second-order valence-electron chi connectivity index (χ2n) is 5.66. The molecule has 2 rings (SSSR count). The van der Waals surface area contributed by atoms with Crippen molar-refractivity contribution in [2.75, 3.05) is 26.7 Å². The number of aryl methyl sites for hydroxylation is 1. The standard InChI is InChI=1S/C17H25N5O2S2/c1-4-18-17(22(3)12-15-13-25-14(2)21-15)19-10-11-20-26(23,24)16-8-6-5-7-9-16/h5-9,13,20H,4,10-12H2,1-3H3,(H,18,19). The molecule has 0 aliphatic rings. The van der Waals surface area contributed by atoms with Gasteiger partial charge in [-0.05, 0) is 26.0 Å². The lowest BCUT2D eigenvalue weighted by Crippen LogP contribution is -2.39. The molecule has 0 fully saturated rings. The average Bonchev–Trinajstić information content (AvgIpc) is 3.03. The molecule has 1 aromatic heterocycles. The van der Waals surface area contributed by atoms with Gasteiger partial charge in [0.1, 0.15) is 0 Å². The number of aromatic nitrogens is 1. The first-order chi connectivity index (χ1) is 12.4. The predicted octanol–water partition coefficient (Wildman–Crippen LogP) is 1.83. The smallest absolute Gasteiger partial charge is 0.240 e. The first kappa shape index (κ1) is 20.3. The van der Waals surface area contributed by atoms with E-state index in [-0.39, 0.29) is 11.4 Å². The van der Waals surface area contributed by atoms with Crippen LogP contribution in [0.15, 0.2) is 45.6 Å². The number of nitrogens with zero attached hydrogens (tertiary/aromatic N) is 3. The number of rotatable bonds is 8. The number of hydrogen-bond donors (Lipinski definition) is 2. The summed E-state index contributed by atoms with van der Waals surface area (Å²) >= 11 is 1.62. The second kappa shape index (κ2) is 9.65. The molecule has 0 spiro atoms. The van der Waals surface area contributed by atoms with Crippen LogP contribution in [0.5, 0.6) is 0 Å². The number of hydrogen-bond acceptors (Lipinski definition) is 5. The monoisotopic (exact) mass is 395 g/mol. The molecule has 0 radical (unpaired) electrons. The summed E-state index contributed by atoms with van der Waals surface area (Å²) in [6.45, 7) is 5.92. The highest BCUT2D eigenvalue weighted by atomic mass is 32.2. The Morgan fingerprint density at radius 2 is 2.04 bits per heavy atom. The van der Waals surface area contributed by atoms with E-state index in [1.54, 1.807) is 41.7 Å². The van der Waals surface area contributed by atoms with E-state index in [0.29, 0.717) is 13.1 Å². The van der Waals surface area contributed by atoms with Gasteiger partial charge in [0.05, 0.1) is 28.7 Å². The van der Waals surface area contributed by atoms with E-state index in [4.69, 9.17) is 0 Å².